The number of imidazole rings is 1. The van der Waals surface area contributed by atoms with Gasteiger partial charge in [0.2, 0.25) is 11.8 Å². The fourth-order valence-electron chi connectivity index (χ4n) is 5.37. The van der Waals surface area contributed by atoms with Crippen LogP contribution in [0.3, 0.4) is 0 Å². The maximum absolute atomic E-state index is 15.3. The van der Waals surface area contributed by atoms with Crippen molar-refractivity contribution in [2.24, 2.45) is 0 Å². The van der Waals surface area contributed by atoms with Crippen molar-refractivity contribution in [2.75, 3.05) is 11.9 Å². The number of nitrogens with one attached hydrogen (secondary N) is 1. The third-order valence-electron chi connectivity index (χ3n) is 7.36. The van der Waals surface area contributed by atoms with Gasteiger partial charge in [-0.05, 0) is 53.5 Å². The molecule has 6 rings (SSSR count). The highest BCUT2D eigenvalue weighted by Gasteiger charge is 2.42. The summed E-state index contributed by atoms with van der Waals surface area (Å²) >= 11 is 6.10. The number of tetrazole rings is 1. The van der Waals surface area contributed by atoms with Crippen molar-refractivity contribution in [3.8, 4) is 16.9 Å². The fourth-order valence-corrected chi connectivity index (χ4v) is 5.53. The van der Waals surface area contributed by atoms with Crippen LogP contribution in [0.15, 0.2) is 43.0 Å². The standard InChI is InChI=1S/C26H22ClF2N9O2/c1-13(39)36(2)26-23(28)16(7-8-30-26)18-11-31-25(33-18)20-5-3-15-9-14(10-21(40)38(15)20)22-19(37-12-32-34-35-37)6-4-17(27)24(22)29/h4,6-8,10-12,15,20H,3,5,9H2,1-2H3,(H,31,33)/t15-,20+/m1/s1. The van der Waals surface area contributed by atoms with Crippen LogP contribution < -0.4 is 4.90 Å². The van der Waals surface area contributed by atoms with E-state index in [1.54, 1.807) is 11.0 Å². The highest BCUT2D eigenvalue weighted by molar-refractivity contribution is 6.31. The van der Waals surface area contributed by atoms with Crippen molar-refractivity contribution in [1.82, 2.24) is 40.1 Å². The molecule has 4 aromatic rings. The van der Waals surface area contributed by atoms with Crippen molar-refractivity contribution >= 4 is 34.8 Å². The van der Waals surface area contributed by atoms with E-state index in [9.17, 15) is 9.59 Å². The summed E-state index contributed by atoms with van der Waals surface area (Å²) in [6.07, 6.45) is 7.32. The van der Waals surface area contributed by atoms with Crippen molar-refractivity contribution in [1.29, 1.82) is 0 Å². The van der Waals surface area contributed by atoms with Gasteiger partial charge in [-0.15, -0.1) is 5.10 Å². The Labute approximate surface area is 231 Å². The van der Waals surface area contributed by atoms with Crippen LogP contribution in [0.1, 0.15) is 43.6 Å². The zero-order valence-electron chi connectivity index (χ0n) is 21.3. The molecular weight excluding hydrogens is 544 g/mol. The molecule has 2 atom stereocenters. The molecule has 2 aliphatic heterocycles. The van der Waals surface area contributed by atoms with E-state index in [1.165, 1.54) is 55.6 Å². The van der Waals surface area contributed by atoms with E-state index in [-0.39, 0.29) is 45.9 Å². The van der Waals surface area contributed by atoms with Crippen molar-refractivity contribution < 1.29 is 18.4 Å². The summed E-state index contributed by atoms with van der Waals surface area (Å²) in [6.45, 7) is 1.32. The normalized spacial score (nSPS) is 18.6. The molecule has 0 saturated carbocycles. The van der Waals surface area contributed by atoms with Crippen LogP contribution in [0.2, 0.25) is 5.02 Å². The van der Waals surface area contributed by atoms with Gasteiger partial charge >= 0.3 is 0 Å². The average molecular weight is 566 g/mol. The van der Waals surface area contributed by atoms with Gasteiger partial charge in [0, 0.05) is 43.4 Å². The minimum atomic E-state index is -0.664. The summed E-state index contributed by atoms with van der Waals surface area (Å²) in [6, 6.07) is 3.93. The first-order valence-corrected chi connectivity index (χ1v) is 12.8. The number of carbonyl (C=O) groups excluding carboxylic acids is 2. The Hall–Kier alpha value is -4.52. The molecule has 0 bridgehead atoms. The van der Waals surface area contributed by atoms with Crippen LogP contribution in [-0.2, 0) is 9.59 Å². The lowest BCUT2D eigenvalue weighted by atomic mass is 9.92. The van der Waals surface area contributed by atoms with Crippen molar-refractivity contribution in [3.63, 3.8) is 0 Å². The molecule has 1 aromatic carbocycles. The number of nitrogens with zero attached hydrogens (tertiary/aromatic N) is 8. The number of fused-ring (bicyclic) bond motifs is 1. The summed E-state index contributed by atoms with van der Waals surface area (Å²) in [4.78, 5) is 39.6. The monoisotopic (exact) mass is 565 g/mol. The van der Waals surface area contributed by atoms with E-state index in [0.29, 0.717) is 42.0 Å². The molecule has 0 unspecified atom stereocenters. The number of rotatable bonds is 5. The summed E-state index contributed by atoms with van der Waals surface area (Å²) < 4.78 is 31.9. The first kappa shape index (κ1) is 25.7. The molecule has 3 aromatic heterocycles. The van der Waals surface area contributed by atoms with Crippen LogP contribution in [0.5, 0.6) is 0 Å². The highest BCUT2D eigenvalue weighted by Crippen LogP contribution is 2.44. The number of amides is 2. The summed E-state index contributed by atoms with van der Waals surface area (Å²) in [5, 5.41) is 11.0. The van der Waals surface area contributed by atoms with E-state index in [4.69, 9.17) is 11.6 Å². The SMILES string of the molecule is CC(=O)N(C)c1nccc(-c2cnc([C@@H]3CC[C@@H]4CC(c5c(-n6cnnn6)ccc(Cl)c5F)=CC(=O)N43)[nH]2)c1F. The zero-order chi connectivity index (χ0) is 28.1. The number of aromatic amines is 1. The van der Waals surface area contributed by atoms with Crippen LogP contribution in [0.4, 0.5) is 14.6 Å². The summed E-state index contributed by atoms with van der Waals surface area (Å²) in [7, 11) is 1.44. The number of benzene rings is 1. The number of halogens is 3. The second-order valence-electron chi connectivity index (χ2n) is 9.63. The van der Waals surface area contributed by atoms with Gasteiger partial charge in [-0.1, -0.05) is 11.6 Å². The van der Waals surface area contributed by atoms with E-state index in [1.807, 2.05) is 0 Å². The second kappa shape index (κ2) is 9.90. The first-order chi connectivity index (χ1) is 19.2. The van der Waals surface area contributed by atoms with Gasteiger partial charge in [-0.2, -0.15) is 4.68 Å². The number of pyridine rings is 1. The zero-order valence-corrected chi connectivity index (χ0v) is 22.1. The molecule has 2 amide bonds. The predicted octanol–water partition coefficient (Wildman–Crippen LogP) is 3.88. The molecule has 5 heterocycles. The molecule has 14 heteroatoms. The van der Waals surface area contributed by atoms with Crippen molar-refractivity contribution in [3.05, 3.63) is 71.0 Å². The lowest BCUT2D eigenvalue weighted by Gasteiger charge is -2.33. The molecule has 40 heavy (non-hydrogen) atoms. The van der Waals surface area contributed by atoms with Crippen LogP contribution in [-0.4, -0.2) is 65.0 Å². The number of hydrogen-bond donors (Lipinski definition) is 1. The molecule has 11 nitrogen and oxygen atoms in total. The number of H-pyrrole nitrogens is 1. The Bertz CT molecular complexity index is 1670. The molecular formula is C26H22ClF2N9O2. The first-order valence-electron chi connectivity index (χ1n) is 12.4. The van der Waals surface area contributed by atoms with Gasteiger partial charge in [-0.3, -0.25) is 14.5 Å². The number of aromatic nitrogens is 7. The lowest BCUT2D eigenvalue weighted by Crippen LogP contribution is -2.39. The maximum atomic E-state index is 15.3. The third kappa shape index (κ3) is 4.22. The third-order valence-corrected chi connectivity index (χ3v) is 7.65. The van der Waals surface area contributed by atoms with Crippen LogP contribution >= 0.6 is 11.6 Å². The Kier molecular flexibility index (Phi) is 6.37. The predicted molar refractivity (Wildman–Crippen MR) is 140 cm³/mol. The Morgan fingerprint density at radius 1 is 1.18 bits per heavy atom. The average Bonchev–Trinajstić information content (AvgIpc) is 3.71. The minimum Gasteiger partial charge on any atom is -0.340 e. The van der Waals surface area contributed by atoms with Crippen LogP contribution in [0, 0.1) is 11.6 Å². The molecule has 0 aliphatic carbocycles. The molecule has 1 fully saturated rings. The van der Waals surface area contributed by atoms with Gasteiger partial charge in [-0.25, -0.2) is 18.7 Å². The van der Waals surface area contributed by atoms with E-state index < -0.39 is 11.6 Å². The quantitative estimate of drug-likeness (QED) is 0.389. The highest BCUT2D eigenvalue weighted by atomic mass is 35.5. The second-order valence-corrected chi connectivity index (χ2v) is 10.0. The van der Waals surface area contributed by atoms with Crippen molar-refractivity contribution in [2.45, 2.75) is 38.3 Å². The topological polar surface area (TPSA) is 126 Å². The van der Waals surface area contributed by atoms with Gasteiger partial charge in [0.1, 0.15) is 12.2 Å². The number of hydrogen-bond acceptors (Lipinski definition) is 7. The lowest BCUT2D eigenvalue weighted by molar-refractivity contribution is -0.129. The minimum absolute atomic E-state index is 0.0731. The Balaban J connectivity index is 1.31. The fraction of sp³-hybridized carbons (Fsp3) is 0.269. The number of anilines is 1. The Morgan fingerprint density at radius 2 is 2.00 bits per heavy atom. The number of carbonyl (C=O) groups is 2. The van der Waals surface area contributed by atoms with Gasteiger partial charge in [0.15, 0.2) is 17.5 Å². The molecule has 1 saturated heterocycles. The van der Waals surface area contributed by atoms with Gasteiger partial charge in [0.25, 0.3) is 0 Å². The molecule has 2 aliphatic rings. The van der Waals surface area contributed by atoms with E-state index in [0.717, 1.165) is 4.90 Å². The molecule has 0 spiro atoms. The summed E-state index contributed by atoms with van der Waals surface area (Å²) in [5.41, 5.74) is 1.64. The van der Waals surface area contributed by atoms with E-state index >= 15 is 8.78 Å². The molecule has 204 valence electrons. The maximum Gasteiger partial charge on any atom is 0.247 e. The smallest absolute Gasteiger partial charge is 0.247 e. The van der Waals surface area contributed by atoms with E-state index in [2.05, 4.69) is 30.5 Å². The largest absolute Gasteiger partial charge is 0.340 e. The Morgan fingerprint density at radius 3 is 2.75 bits per heavy atom. The van der Waals surface area contributed by atoms with Gasteiger partial charge in [0.05, 0.1) is 28.6 Å². The van der Waals surface area contributed by atoms with Crippen LogP contribution in [0.25, 0.3) is 22.5 Å². The van der Waals surface area contributed by atoms with Gasteiger partial charge < -0.3 is 9.88 Å². The molecule has 1 N–H and O–H groups in total. The summed E-state index contributed by atoms with van der Waals surface area (Å²) in [5.74, 6) is -1.56. The molecule has 0 radical (unpaired) electrons.